The second-order valence-electron chi connectivity index (χ2n) is 8.55. The van der Waals surface area contributed by atoms with Crippen LogP contribution >= 0.6 is 0 Å². The van der Waals surface area contributed by atoms with Gasteiger partial charge in [-0.2, -0.15) is 0 Å². The Kier molecular flexibility index (Phi) is 7.32. The molecule has 4 rings (SSSR count). The van der Waals surface area contributed by atoms with Gasteiger partial charge in [0.25, 0.3) is 5.91 Å². The number of amides is 1. The van der Waals surface area contributed by atoms with Crippen LogP contribution in [-0.2, 0) is 13.0 Å². The minimum absolute atomic E-state index is 0.00725. The lowest BCUT2D eigenvalue weighted by Gasteiger charge is -2.20. The minimum atomic E-state index is -0.608. The first-order chi connectivity index (χ1) is 16.0. The highest BCUT2D eigenvalue weighted by Gasteiger charge is 2.30. The lowest BCUT2D eigenvalue weighted by atomic mass is 10.0. The van der Waals surface area contributed by atoms with Crippen molar-refractivity contribution < 1.29 is 14.6 Å². The highest BCUT2D eigenvalue weighted by atomic mass is 16.5. The van der Waals surface area contributed by atoms with Crippen molar-refractivity contribution in [3.63, 3.8) is 0 Å². The number of hydrogen-bond acceptors (Lipinski definition) is 6. The Morgan fingerprint density at radius 1 is 1.15 bits per heavy atom. The largest absolute Gasteiger partial charge is 0.481 e. The van der Waals surface area contributed by atoms with E-state index in [2.05, 4.69) is 15.3 Å². The van der Waals surface area contributed by atoms with Crippen LogP contribution < -0.4 is 10.1 Å². The quantitative estimate of drug-likeness (QED) is 0.553. The van der Waals surface area contributed by atoms with Gasteiger partial charge in [0.15, 0.2) is 0 Å². The molecule has 0 spiro atoms. The summed E-state index contributed by atoms with van der Waals surface area (Å²) in [6.07, 6.45) is 7.29. The summed E-state index contributed by atoms with van der Waals surface area (Å²) >= 11 is 0. The molecule has 2 aromatic heterocycles. The number of benzene rings is 1. The van der Waals surface area contributed by atoms with Gasteiger partial charge in [0.05, 0.1) is 13.2 Å². The lowest BCUT2D eigenvalue weighted by Crippen LogP contribution is -2.35. The maximum atomic E-state index is 12.8. The first kappa shape index (κ1) is 22.9. The number of nitrogens with one attached hydrogen (secondary N) is 1. The van der Waals surface area contributed by atoms with Gasteiger partial charge < -0.3 is 20.1 Å². The maximum Gasteiger partial charge on any atom is 0.253 e. The number of aromatic nitrogens is 2. The van der Waals surface area contributed by atoms with E-state index in [-0.39, 0.29) is 18.0 Å². The summed E-state index contributed by atoms with van der Waals surface area (Å²) in [5, 5.41) is 14.3. The fraction of sp³-hybridized carbons (Fsp3) is 0.346. The molecule has 1 aliphatic rings. The Morgan fingerprint density at radius 3 is 2.64 bits per heavy atom. The van der Waals surface area contributed by atoms with Gasteiger partial charge >= 0.3 is 0 Å². The average molecular weight is 447 g/mol. The molecule has 1 aliphatic heterocycles. The fourth-order valence-electron chi connectivity index (χ4n) is 4.31. The number of hydrogen-bond donors (Lipinski definition) is 2. The van der Waals surface area contributed by atoms with Gasteiger partial charge in [-0.05, 0) is 54.7 Å². The van der Waals surface area contributed by atoms with E-state index in [1.165, 1.54) is 5.56 Å². The van der Waals surface area contributed by atoms with Crippen molar-refractivity contribution in [1.82, 2.24) is 20.2 Å². The van der Waals surface area contributed by atoms with Crippen LogP contribution in [0, 0.1) is 0 Å². The van der Waals surface area contributed by atoms with Crippen LogP contribution in [0.25, 0.3) is 0 Å². The Bertz CT molecular complexity index is 1040. The molecule has 3 aromatic rings. The molecule has 1 saturated heterocycles. The maximum absolute atomic E-state index is 12.8. The highest BCUT2D eigenvalue weighted by molar-refractivity contribution is 5.94. The number of carbonyl (C=O) groups is 1. The summed E-state index contributed by atoms with van der Waals surface area (Å²) in [6, 6.07) is 15.5. The van der Waals surface area contributed by atoms with Crippen LogP contribution in [0.4, 0.5) is 0 Å². The zero-order valence-electron chi connectivity index (χ0n) is 19.0. The van der Waals surface area contributed by atoms with Crippen LogP contribution in [0.15, 0.2) is 67.1 Å². The van der Waals surface area contributed by atoms with Gasteiger partial charge in [0, 0.05) is 61.5 Å². The summed E-state index contributed by atoms with van der Waals surface area (Å²) in [4.78, 5) is 22.7. The van der Waals surface area contributed by atoms with Crippen LogP contribution in [0.3, 0.4) is 0 Å². The number of carbonyl (C=O) groups excluding carboxylic acids is 1. The van der Waals surface area contributed by atoms with E-state index in [4.69, 9.17) is 4.74 Å². The van der Waals surface area contributed by atoms with Crippen LogP contribution in [0.2, 0.25) is 0 Å². The SMILES string of the molecule is COc1ccc(C(O)[C@H]2CC[C@@H](Cc3ccc(C(=O)N(C)Cc4cccnc4)cc3)N2)cn1. The van der Waals surface area contributed by atoms with E-state index in [9.17, 15) is 9.90 Å². The second kappa shape index (κ2) is 10.6. The molecule has 0 saturated carbocycles. The summed E-state index contributed by atoms with van der Waals surface area (Å²) in [5.74, 6) is 0.522. The molecule has 0 bridgehead atoms. The van der Waals surface area contributed by atoms with E-state index in [1.54, 1.807) is 43.7 Å². The van der Waals surface area contributed by atoms with Crippen molar-refractivity contribution in [1.29, 1.82) is 0 Å². The van der Waals surface area contributed by atoms with Crippen LogP contribution in [-0.4, -0.2) is 52.1 Å². The van der Waals surface area contributed by atoms with Gasteiger partial charge in [-0.25, -0.2) is 4.98 Å². The molecule has 7 nitrogen and oxygen atoms in total. The van der Waals surface area contributed by atoms with E-state index < -0.39 is 6.10 Å². The normalized spacial score (nSPS) is 18.6. The molecule has 1 aromatic carbocycles. The third kappa shape index (κ3) is 5.74. The first-order valence-corrected chi connectivity index (χ1v) is 11.2. The van der Waals surface area contributed by atoms with Crippen LogP contribution in [0.5, 0.6) is 5.88 Å². The van der Waals surface area contributed by atoms with Crippen molar-refractivity contribution in [3.8, 4) is 5.88 Å². The minimum Gasteiger partial charge on any atom is -0.481 e. The number of aliphatic hydroxyl groups excluding tert-OH is 1. The number of nitrogens with zero attached hydrogens (tertiary/aromatic N) is 3. The predicted molar refractivity (Wildman–Crippen MR) is 126 cm³/mol. The molecule has 0 aliphatic carbocycles. The summed E-state index contributed by atoms with van der Waals surface area (Å²) in [5.41, 5.74) is 3.62. The van der Waals surface area contributed by atoms with Gasteiger partial charge in [-0.3, -0.25) is 9.78 Å². The summed E-state index contributed by atoms with van der Waals surface area (Å²) in [6.45, 7) is 0.522. The monoisotopic (exact) mass is 446 g/mol. The molecular formula is C26H30N4O3. The molecule has 33 heavy (non-hydrogen) atoms. The average Bonchev–Trinajstić information content (AvgIpc) is 3.32. The summed E-state index contributed by atoms with van der Waals surface area (Å²) in [7, 11) is 3.38. The Morgan fingerprint density at radius 2 is 1.97 bits per heavy atom. The standard InChI is InChI=1S/C26H30N4O3/c1-30(17-19-4-3-13-27-15-19)26(32)20-7-5-18(6-8-20)14-22-10-11-23(29-22)25(31)21-9-12-24(33-2)28-16-21/h3-9,12-13,15-16,22-23,25,29,31H,10-11,14,17H2,1-2H3/t22-,23+,25?/m0/s1. The van der Waals surface area contributed by atoms with Crippen molar-refractivity contribution >= 4 is 5.91 Å². The molecule has 7 heteroatoms. The van der Waals surface area contributed by atoms with Gasteiger partial charge in [-0.1, -0.05) is 18.2 Å². The highest BCUT2D eigenvalue weighted by Crippen LogP contribution is 2.27. The molecular weight excluding hydrogens is 416 g/mol. The smallest absolute Gasteiger partial charge is 0.253 e. The molecule has 1 unspecified atom stereocenters. The summed E-state index contributed by atoms with van der Waals surface area (Å²) < 4.78 is 5.09. The van der Waals surface area contributed by atoms with Crippen molar-refractivity contribution in [2.45, 2.75) is 44.0 Å². The third-order valence-corrected chi connectivity index (χ3v) is 6.14. The Hall–Kier alpha value is -3.29. The second-order valence-corrected chi connectivity index (χ2v) is 8.55. The van der Waals surface area contributed by atoms with Crippen LogP contribution in [0.1, 0.15) is 46.0 Å². The molecule has 172 valence electrons. The van der Waals surface area contributed by atoms with E-state index in [0.29, 0.717) is 18.0 Å². The molecule has 1 fully saturated rings. The van der Waals surface area contributed by atoms with Gasteiger partial charge in [0.1, 0.15) is 0 Å². The van der Waals surface area contributed by atoms with Gasteiger partial charge in [0.2, 0.25) is 5.88 Å². The lowest BCUT2D eigenvalue weighted by molar-refractivity contribution is 0.0785. The topological polar surface area (TPSA) is 87.6 Å². The number of aliphatic hydroxyl groups is 1. The Labute approximate surface area is 194 Å². The number of methoxy groups -OCH3 is 1. The number of pyridine rings is 2. The molecule has 3 heterocycles. The van der Waals surface area contributed by atoms with Crippen molar-refractivity contribution in [2.24, 2.45) is 0 Å². The number of rotatable bonds is 8. The first-order valence-electron chi connectivity index (χ1n) is 11.2. The molecule has 0 radical (unpaired) electrons. The van der Waals surface area contributed by atoms with E-state index >= 15 is 0 Å². The molecule has 2 N–H and O–H groups in total. The van der Waals surface area contributed by atoms with Gasteiger partial charge in [-0.15, -0.1) is 0 Å². The van der Waals surface area contributed by atoms with E-state index in [1.807, 2.05) is 42.5 Å². The predicted octanol–water partition coefficient (Wildman–Crippen LogP) is 3.15. The molecule has 1 amide bonds. The van der Waals surface area contributed by atoms with Crippen molar-refractivity contribution in [2.75, 3.05) is 14.2 Å². The molecule has 3 atom stereocenters. The zero-order chi connectivity index (χ0) is 23.2. The van der Waals surface area contributed by atoms with Crippen molar-refractivity contribution in [3.05, 3.63) is 89.4 Å². The fourth-order valence-corrected chi connectivity index (χ4v) is 4.31. The Balaban J connectivity index is 1.30. The third-order valence-electron chi connectivity index (χ3n) is 6.14. The number of ether oxygens (including phenoxy) is 1. The van der Waals surface area contributed by atoms with E-state index in [0.717, 1.165) is 30.4 Å². The zero-order valence-corrected chi connectivity index (χ0v) is 19.0.